The quantitative estimate of drug-likeness (QED) is 0.884. The molecule has 2 N–H and O–H groups in total. The van der Waals surface area contributed by atoms with E-state index in [-0.39, 0.29) is 0 Å². The molecule has 4 nitrogen and oxygen atoms in total. The monoisotopic (exact) mass is 254 g/mol. The molecule has 74 valence electrons. The summed E-state index contributed by atoms with van der Waals surface area (Å²) in [6.07, 6.45) is 2.64. The van der Waals surface area contributed by atoms with Crippen LogP contribution in [0.3, 0.4) is 0 Å². The number of nitrogens with zero attached hydrogens (tertiary/aromatic N) is 3. The fraction of sp³-hybridized carbons (Fsp3) is 0.333. The summed E-state index contributed by atoms with van der Waals surface area (Å²) < 4.78 is 2.76. The molecule has 0 radical (unpaired) electrons. The van der Waals surface area contributed by atoms with Crippen LogP contribution in [0.4, 0.5) is 0 Å². The Balaban J connectivity index is 2.77. The molecule has 0 fully saturated rings. The Morgan fingerprint density at radius 2 is 2.36 bits per heavy atom. The van der Waals surface area contributed by atoms with Crippen LogP contribution >= 0.6 is 15.9 Å². The van der Waals surface area contributed by atoms with Crippen molar-refractivity contribution in [1.29, 1.82) is 0 Å². The van der Waals surface area contributed by atoms with Crippen molar-refractivity contribution >= 4 is 21.6 Å². The molecule has 0 aliphatic carbocycles. The maximum absolute atomic E-state index is 5.61. The fourth-order valence-electron chi connectivity index (χ4n) is 1.39. The van der Waals surface area contributed by atoms with Crippen LogP contribution in [0.25, 0.3) is 5.65 Å². The van der Waals surface area contributed by atoms with Gasteiger partial charge in [0.15, 0.2) is 5.65 Å². The summed E-state index contributed by atoms with van der Waals surface area (Å²) in [6.45, 7) is 2.53. The summed E-state index contributed by atoms with van der Waals surface area (Å²) >= 11 is 3.49. The number of hydrogen-bond donors (Lipinski definition) is 1. The molecule has 0 atom stereocenters. The zero-order chi connectivity index (χ0) is 10.1. The lowest BCUT2D eigenvalue weighted by Crippen LogP contribution is -2.05. The van der Waals surface area contributed by atoms with Crippen LogP contribution in [-0.4, -0.2) is 14.6 Å². The van der Waals surface area contributed by atoms with Gasteiger partial charge >= 0.3 is 0 Å². The van der Waals surface area contributed by atoms with Gasteiger partial charge < -0.3 is 5.73 Å². The lowest BCUT2D eigenvalue weighted by atomic mass is 10.3. The van der Waals surface area contributed by atoms with E-state index in [4.69, 9.17) is 5.73 Å². The zero-order valence-electron chi connectivity index (χ0n) is 7.87. The maximum Gasteiger partial charge on any atom is 0.169 e. The lowest BCUT2D eigenvalue weighted by Gasteiger charge is -1.99. The van der Waals surface area contributed by atoms with Crippen molar-refractivity contribution in [3.8, 4) is 0 Å². The number of aromatic nitrogens is 3. The molecule has 2 rings (SSSR count). The van der Waals surface area contributed by atoms with Crippen LogP contribution in [0.5, 0.6) is 0 Å². The molecule has 0 saturated heterocycles. The molecule has 5 heteroatoms. The van der Waals surface area contributed by atoms with E-state index in [2.05, 4.69) is 32.9 Å². The van der Waals surface area contributed by atoms with Crippen LogP contribution in [0.2, 0.25) is 0 Å². The predicted molar refractivity (Wildman–Crippen MR) is 58.0 cm³/mol. The molecule has 0 aliphatic heterocycles. The Morgan fingerprint density at radius 3 is 3.00 bits per heavy atom. The van der Waals surface area contributed by atoms with Gasteiger partial charge in [-0.1, -0.05) is 6.92 Å². The summed E-state index contributed by atoms with van der Waals surface area (Å²) in [7, 11) is 0. The van der Waals surface area contributed by atoms with E-state index in [1.54, 1.807) is 10.7 Å². The van der Waals surface area contributed by atoms with E-state index in [0.717, 1.165) is 27.9 Å². The minimum atomic E-state index is 0.469. The number of nitrogens with two attached hydrogens (primary N) is 1. The number of rotatable bonds is 2. The average Bonchev–Trinajstić information content (AvgIpc) is 2.55. The Labute approximate surface area is 90.3 Å². The molecule has 0 aliphatic rings. The van der Waals surface area contributed by atoms with Gasteiger partial charge in [-0.25, -0.2) is 9.50 Å². The predicted octanol–water partition coefficient (Wildman–Crippen LogP) is 1.51. The molecule has 0 unspecified atom stereocenters. The third-order valence-corrected chi connectivity index (χ3v) is 2.96. The third kappa shape index (κ3) is 1.33. The summed E-state index contributed by atoms with van der Waals surface area (Å²) in [5.41, 5.74) is 8.43. The normalized spacial score (nSPS) is 11.1. The van der Waals surface area contributed by atoms with Crippen molar-refractivity contribution in [3.05, 3.63) is 28.1 Å². The van der Waals surface area contributed by atoms with E-state index in [1.165, 1.54) is 0 Å². The standard InChI is InChI=1S/C9H11BrN4/c1-2-7-8(10)9-12-4-3-6(5-11)14(9)13-7/h3-4H,2,5,11H2,1H3. The van der Waals surface area contributed by atoms with Gasteiger partial charge in [-0.3, -0.25) is 0 Å². The highest BCUT2D eigenvalue weighted by Gasteiger charge is 2.11. The van der Waals surface area contributed by atoms with Crippen LogP contribution in [0.15, 0.2) is 16.7 Å². The van der Waals surface area contributed by atoms with Gasteiger partial charge in [0.25, 0.3) is 0 Å². The highest BCUT2D eigenvalue weighted by molar-refractivity contribution is 9.10. The third-order valence-electron chi connectivity index (χ3n) is 2.15. The van der Waals surface area contributed by atoms with Crippen LogP contribution < -0.4 is 5.73 Å². The zero-order valence-corrected chi connectivity index (χ0v) is 9.45. The summed E-state index contributed by atoms with van der Waals surface area (Å²) in [6, 6.07) is 1.88. The van der Waals surface area contributed by atoms with E-state index in [9.17, 15) is 0 Å². The molecule has 2 heterocycles. The minimum absolute atomic E-state index is 0.469. The fourth-order valence-corrected chi connectivity index (χ4v) is 2.02. The van der Waals surface area contributed by atoms with Gasteiger partial charge in [-0.2, -0.15) is 5.10 Å². The topological polar surface area (TPSA) is 56.2 Å². The van der Waals surface area contributed by atoms with Crippen molar-refractivity contribution in [2.75, 3.05) is 0 Å². The van der Waals surface area contributed by atoms with Gasteiger partial charge in [0, 0.05) is 12.7 Å². The molecule has 14 heavy (non-hydrogen) atoms. The molecule has 2 aromatic rings. The van der Waals surface area contributed by atoms with Gasteiger partial charge in [-0.15, -0.1) is 0 Å². The second kappa shape index (κ2) is 3.67. The largest absolute Gasteiger partial charge is 0.325 e. The van der Waals surface area contributed by atoms with E-state index in [1.807, 2.05) is 6.07 Å². The van der Waals surface area contributed by atoms with E-state index >= 15 is 0 Å². The average molecular weight is 255 g/mol. The Bertz CT molecular complexity index is 463. The van der Waals surface area contributed by atoms with Gasteiger partial charge in [0.05, 0.1) is 15.9 Å². The summed E-state index contributed by atoms with van der Waals surface area (Å²) in [5.74, 6) is 0. The number of halogens is 1. The first-order valence-corrected chi connectivity index (χ1v) is 5.28. The molecular formula is C9H11BrN4. The van der Waals surface area contributed by atoms with E-state index < -0.39 is 0 Å². The molecule has 0 saturated carbocycles. The molecular weight excluding hydrogens is 244 g/mol. The number of hydrogen-bond acceptors (Lipinski definition) is 3. The van der Waals surface area contributed by atoms with Gasteiger partial charge in [-0.05, 0) is 28.4 Å². The summed E-state index contributed by atoms with van der Waals surface area (Å²) in [4.78, 5) is 4.26. The van der Waals surface area contributed by atoms with Gasteiger partial charge in [0.2, 0.25) is 0 Å². The van der Waals surface area contributed by atoms with Gasteiger partial charge in [0.1, 0.15) is 0 Å². The molecule has 2 aromatic heterocycles. The highest BCUT2D eigenvalue weighted by atomic mass is 79.9. The first-order valence-electron chi connectivity index (χ1n) is 4.49. The first kappa shape index (κ1) is 9.61. The van der Waals surface area contributed by atoms with Crippen LogP contribution in [0, 0.1) is 0 Å². The Morgan fingerprint density at radius 1 is 1.57 bits per heavy atom. The second-order valence-electron chi connectivity index (χ2n) is 2.99. The molecule has 0 amide bonds. The minimum Gasteiger partial charge on any atom is -0.325 e. The highest BCUT2D eigenvalue weighted by Crippen LogP contribution is 2.21. The second-order valence-corrected chi connectivity index (χ2v) is 3.78. The van der Waals surface area contributed by atoms with Crippen LogP contribution in [-0.2, 0) is 13.0 Å². The first-order chi connectivity index (χ1) is 6.77. The van der Waals surface area contributed by atoms with Crippen molar-refractivity contribution in [2.24, 2.45) is 5.73 Å². The maximum atomic E-state index is 5.61. The Hall–Kier alpha value is -0.940. The molecule has 0 aromatic carbocycles. The molecule has 0 spiro atoms. The Kier molecular flexibility index (Phi) is 2.52. The van der Waals surface area contributed by atoms with Crippen molar-refractivity contribution in [2.45, 2.75) is 19.9 Å². The van der Waals surface area contributed by atoms with Crippen molar-refractivity contribution in [1.82, 2.24) is 14.6 Å². The SMILES string of the molecule is CCc1nn2c(CN)ccnc2c1Br. The number of aryl methyl sites for hydroxylation is 1. The van der Waals surface area contributed by atoms with Crippen LogP contribution in [0.1, 0.15) is 18.3 Å². The molecule has 0 bridgehead atoms. The van der Waals surface area contributed by atoms with E-state index in [0.29, 0.717) is 6.54 Å². The number of fused-ring (bicyclic) bond motifs is 1. The lowest BCUT2D eigenvalue weighted by molar-refractivity contribution is 0.812. The summed E-state index contributed by atoms with van der Waals surface area (Å²) in [5, 5.41) is 4.43. The van der Waals surface area contributed by atoms with Crippen molar-refractivity contribution in [3.63, 3.8) is 0 Å². The van der Waals surface area contributed by atoms with Crippen molar-refractivity contribution < 1.29 is 0 Å². The smallest absolute Gasteiger partial charge is 0.169 e.